The number of aliphatic imine (C=N–C) groups is 1. The number of Topliss-reactive ketones (excluding diaryl/α,β-unsaturated/α-hetero) is 1. The van der Waals surface area contributed by atoms with Gasteiger partial charge in [-0.1, -0.05) is 55.5 Å². The van der Waals surface area contributed by atoms with Gasteiger partial charge in [0.25, 0.3) is 0 Å². The Labute approximate surface area is 202 Å². The molecule has 6 nitrogen and oxygen atoms in total. The second-order valence-corrected chi connectivity index (χ2v) is 10.8. The van der Waals surface area contributed by atoms with Crippen LogP contribution in [0.2, 0.25) is 0 Å². The van der Waals surface area contributed by atoms with Crippen LogP contribution in [-0.2, 0) is 9.59 Å². The van der Waals surface area contributed by atoms with Gasteiger partial charge >= 0.3 is 0 Å². The molecule has 0 bridgehead atoms. The standard InChI is InChI=1S/C27H27N3O3S/c1-15-22(25(32)30-26-29-17-10-6-8-12-21(17)34-26)23(16-9-5-7-11-20(16)33-4)24-18(28-15)13-27(2,3)14-19(24)31/h5-12,22-23H,13-14H2,1-4H3,(H,29,30,32)/t22?,23-/m1/s1. The maximum Gasteiger partial charge on any atom is 0.235 e. The van der Waals surface area contributed by atoms with Crippen LogP contribution >= 0.6 is 11.3 Å². The molecule has 1 amide bonds. The van der Waals surface area contributed by atoms with Gasteiger partial charge in [-0.05, 0) is 37.0 Å². The van der Waals surface area contributed by atoms with Crippen LogP contribution in [0.15, 0.2) is 64.8 Å². The highest BCUT2D eigenvalue weighted by Crippen LogP contribution is 2.49. The number of anilines is 1. The van der Waals surface area contributed by atoms with Crippen molar-refractivity contribution >= 4 is 44.1 Å². The zero-order valence-corrected chi connectivity index (χ0v) is 20.5. The van der Waals surface area contributed by atoms with Gasteiger partial charge in [-0.25, -0.2) is 4.98 Å². The van der Waals surface area contributed by atoms with Crippen LogP contribution in [0.1, 0.15) is 45.1 Å². The summed E-state index contributed by atoms with van der Waals surface area (Å²) in [6, 6.07) is 15.4. The molecule has 0 saturated heterocycles. The van der Waals surface area contributed by atoms with E-state index in [1.54, 1.807) is 7.11 Å². The first kappa shape index (κ1) is 22.5. The fourth-order valence-corrected chi connectivity index (χ4v) is 6.02. The Morgan fingerprint density at radius 1 is 1.12 bits per heavy atom. The van der Waals surface area contributed by atoms with Gasteiger partial charge in [-0.15, -0.1) is 0 Å². The van der Waals surface area contributed by atoms with Crippen molar-refractivity contribution in [1.29, 1.82) is 0 Å². The van der Waals surface area contributed by atoms with Gasteiger partial charge in [0.15, 0.2) is 10.9 Å². The number of allylic oxidation sites excluding steroid dienone is 2. The first-order valence-corrected chi connectivity index (χ1v) is 12.2. The van der Waals surface area contributed by atoms with E-state index in [1.807, 2.05) is 55.5 Å². The predicted octanol–water partition coefficient (Wildman–Crippen LogP) is 5.76. The lowest BCUT2D eigenvalue weighted by atomic mass is 9.66. The van der Waals surface area contributed by atoms with E-state index in [4.69, 9.17) is 9.73 Å². The van der Waals surface area contributed by atoms with Crippen molar-refractivity contribution in [2.24, 2.45) is 16.3 Å². The van der Waals surface area contributed by atoms with Gasteiger partial charge in [0.05, 0.1) is 23.2 Å². The third kappa shape index (κ3) is 3.94. The molecule has 34 heavy (non-hydrogen) atoms. The van der Waals surface area contributed by atoms with Crippen LogP contribution in [0.25, 0.3) is 10.2 Å². The van der Waals surface area contributed by atoms with E-state index >= 15 is 0 Å². The summed E-state index contributed by atoms with van der Waals surface area (Å²) >= 11 is 1.43. The number of aromatic nitrogens is 1. The number of ether oxygens (including phenoxy) is 1. The molecule has 174 valence electrons. The van der Waals surface area contributed by atoms with Crippen LogP contribution in [0.3, 0.4) is 0 Å². The summed E-state index contributed by atoms with van der Waals surface area (Å²) in [5.41, 5.74) is 3.62. The minimum absolute atomic E-state index is 0.0520. The average molecular weight is 474 g/mol. The summed E-state index contributed by atoms with van der Waals surface area (Å²) < 4.78 is 6.66. The Hall–Kier alpha value is -3.32. The largest absolute Gasteiger partial charge is 0.496 e. The number of nitrogens with zero attached hydrogens (tertiary/aromatic N) is 2. The van der Waals surface area contributed by atoms with Crippen molar-refractivity contribution < 1.29 is 14.3 Å². The molecule has 1 N–H and O–H groups in total. The molecule has 3 aromatic rings. The number of fused-ring (bicyclic) bond motifs is 1. The molecule has 0 spiro atoms. The van der Waals surface area contributed by atoms with Crippen molar-refractivity contribution in [2.45, 2.75) is 39.5 Å². The maximum absolute atomic E-state index is 13.7. The number of methoxy groups -OCH3 is 1. The van der Waals surface area contributed by atoms with Gasteiger partial charge in [-0.3, -0.25) is 14.6 Å². The van der Waals surface area contributed by atoms with Gasteiger partial charge in [0, 0.05) is 34.9 Å². The predicted molar refractivity (Wildman–Crippen MR) is 136 cm³/mol. The summed E-state index contributed by atoms with van der Waals surface area (Å²) in [6.45, 7) is 6.05. The lowest BCUT2D eigenvalue weighted by Gasteiger charge is -2.39. The molecule has 1 unspecified atom stereocenters. The molecule has 1 aliphatic heterocycles. The molecule has 0 fully saturated rings. The molecule has 0 saturated carbocycles. The highest BCUT2D eigenvalue weighted by atomic mass is 32.1. The fraction of sp³-hybridized carbons (Fsp3) is 0.333. The quantitative estimate of drug-likeness (QED) is 0.522. The molecule has 1 aliphatic carbocycles. The van der Waals surface area contributed by atoms with Gasteiger partial charge in [0.1, 0.15) is 5.75 Å². The molecule has 0 radical (unpaired) electrons. The van der Waals surface area contributed by atoms with E-state index in [-0.39, 0.29) is 17.1 Å². The molecular formula is C27H27N3O3S. The zero-order chi connectivity index (χ0) is 24.0. The number of amides is 1. The second-order valence-electron chi connectivity index (χ2n) is 9.73. The molecule has 1 aromatic heterocycles. The van der Waals surface area contributed by atoms with E-state index in [9.17, 15) is 9.59 Å². The van der Waals surface area contributed by atoms with E-state index in [0.717, 1.165) is 21.5 Å². The summed E-state index contributed by atoms with van der Waals surface area (Å²) in [6.07, 6.45) is 1.13. The summed E-state index contributed by atoms with van der Waals surface area (Å²) in [5, 5.41) is 3.54. The summed E-state index contributed by atoms with van der Waals surface area (Å²) in [7, 11) is 1.61. The number of ketones is 1. The zero-order valence-electron chi connectivity index (χ0n) is 19.7. The Morgan fingerprint density at radius 2 is 1.85 bits per heavy atom. The molecular weight excluding hydrogens is 446 g/mol. The third-order valence-electron chi connectivity index (χ3n) is 6.58. The first-order valence-electron chi connectivity index (χ1n) is 11.4. The monoisotopic (exact) mass is 473 g/mol. The van der Waals surface area contributed by atoms with Crippen LogP contribution in [0, 0.1) is 11.3 Å². The SMILES string of the molecule is COc1ccccc1[C@H]1C2=C(CC(C)(C)CC2=O)N=C(C)C1C(=O)Nc1nc2ccccc2s1. The van der Waals surface area contributed by atoms with E-state index in [1.165, 1.54) is 11.3 Å². The number of thiazole rings is 1. The Balaban J connectivity index is 1.60. The van der Waals surface area contributed by atoms with Crippen LogP contribution in [0.5, 0.6) is 5.75 Å². The Morgan fingerprint density at radius 3 is 2.62 bits per heavy atom. The summed E-state index contributed by atoms with van der Waals surface area (Å²) in [5.74, 6) is -0.630. The van der Waals surface area contributed by atoms with E-state index < -0.39 is 11.8 Å². The number of hydrogen-bond acceptors (Lipinski definition) is 6. The molecule has 5 rings (SSSR count). The average Bonchev–Trinajstić information content (AvgIpc) is 3.19. The van der Waals surface area contributed by atoms with E-state index in [2.05, 4.69) is 24.1 Å². The highest BCUT2D eigenvalue weighted by Gasteiger charge is 2.46. The lowest BCUT2D eigenvalue weighted by molar-refractivity contribution is -0.119. The number of para-hydroxylation sites is 2. The van der Waals surface area contributed by atoms with Gasteiger partial charge in [0.2, 0.25) is 5.91 Å². The van der Waals surface area contributed by atoms with Crippen molar-refractivity contribution in [3.05, 3.63) is 65.4 Å². The number of carbonyl (C=O) groups is 2. The van der Waals surface area contributed by atoms with Gasteiger partial charge in [-0.2, -0.15) is 0 Å². The normalized spacial score (nSPS) is 21.8. The fourth-order valence-electron chi connectivity index (χ4n) is 5.15. The minimum atomic E-state index is -0.646. The molecule has 2 atom stereocenters. The number of rotatable bonds is 4. The smallest absolute Gasteiger partial charge is 0.235 e. The van der Waals surface area contributed by atoms with Gasteiger partial charge < -0.3 is 10.1 Å². The number of nitrogens with one attached hydrogen (secondary N) is 1. The molecule has 2 aliphatic rings. The Kier molecular flexibility index (Phi) is 5.60. The van der Waals surface area contributed by atoms with Crippen molar-refractivity contribution in [1.82, 2.24) is 4.98 Å². The highest BCUT2D eigenvalue weighted by molar-refractivity contribution is 7.22. The number of carbonyl (C=O) groups excluding carboxylic acids is 2. The molecule has 2 heterocycles. The van der Waals surface area contributed by atoms with Crippen LogP contribution in [0.4, 0.5) is 5.13 Å². The lowest BCUT2D eigenvalue weighted by Crippen LogP contribution is -2.41. The molecule has 7 heteroatoms. The van der Waals surface area contributed by atoms with Crippen LogP contribution < -0.4 is 10.1 Å². The number of benzene rings is 2. The number of hydrogen-bond donors (Lipinski definition) is 1. The minimum Gasteiger partial charge on any atom is -0.496 e. The second kappa shape index (κ2) is 8.47. The van der Waals surface area contributed by atoms with Crippen molar-refractivity contribution in [3.8, 4) is 5.75 Å². The topological polar surface area (TPSA) is 80.6 Å². The van der Waals surface area contributed by atoms with Crippen molar-refractivity contribution in [2.75, 3.05) is 12.4 Å². The van der Waals surface area contributed by atoms with E-state index in [0.29, 0.717) is 35.0 Å². The third-order valence-corrected chi connectivity index (χ3v) is 7.53. The molecule has 2 aromatic carbocycles. The summed E-state index contributed by atoms with van der Waals surface area (Å²) in [4.78, 5) is 36.6. The van der Waals surface area contributed by atoms with Crippen LogP contribution in [-0.4, -0.2) is 29.5 Å². The Bertz CT molecular complexity index is 1340. The first-order chi connectivity index (χ1) is 16.3. The maximum atomic E-state index is 13.7. The van der Waals surface area contributed by atoms with Crippen molar-refractivity contribution in [3.63, 3.8) is 0 Å².